The summed E-state index contributed by atoms with van der Waals surface area (Å²) in [6.45, 7) is 7.00. The lowest BCUT2D eigenvalue weighted by Crippen LogP contribution is -2.64. The summed E-state index contributed by atoms with van der Waals surface area (Å²) in [5, 5.41) is 24.3. The summed E-state index contributed by atoms with van der Waals surface area (Å²) in [6.07, 6.45) is 15.0. The van der Waals surface area contributed by atoms with Gasteiger partial charge in [-0.1, -0.05) is 30.1 Å². The smallest absolute Gasteiger partial charge is 0.230 e. The average molecular weight is 771 g/mol. The molecular weight excluding hydrogens is 717 g/mol. The van der Waals surface area contributed by atoms with E-state index in [1.807, 2.05) is 43.2 Å². The number of aryl methyl sites for hydroxylation is 1. The fourth-order valence-electron chi connectivity index (χ4n) is 8.55. The highest BCUT2D eigenvalue weighted by molar-refractivity contribution is 8.00. The van der Waals surface area contributed by atoms with Crippen molar-refractivity contribution in [1.29, 1.82) is 0 Å². The molecule has 10 nitrogen and oxygen atoms in total. The van der Waals surface area contributed by atoms with Gasteiger partial charge in [-0.25, -0.2) is 0 Å². The molecule has 1 aliphatic heterocycles. The number of oxime groups is 1. The summed E-state index contributed by atoms with van der Waals surface area (Å²) in [5.74, 6) is 2.19. The number of ether oxygens (including phenoxy) is 4. The molecule has 294 valence electrons. The molecule has 1 fully saturated rings. The lowest BCUT2D eigenvalue weighted by molar-refractivity contribution is -0.223. The Bertz CT molecular complexity index is 1800. The topological polar surface area (TPSA) is 129 Å². The molecule has 2 aliphatic carbocycles. The number of hydrogen-bond donors (Lipinski definition) is 2. The maximum atomic E-state index is 11.8. The second kappa shape index (κ2) is 19.6. The van der Waals surface area contributed by atoms with E-state index >= 15 is 0 Å². The summed E-state index contributed by atoms with van der Waals surface area (Å²) in [4.78, 5) is 21.9. The Morgan fingerprint density at radius 2 is 1.80 bits per heavy atom. The number of carbonyl (C=O) groups excluding carboxylic acids is 1. The molecule has 6 atom stereocenters. The van der Waals surface area contributed by atoms with Crippen LogP contribution in [-0.2, 0) is 16.0 Å². The Morgan fingerprint density at radius 1 is 1.04 bits per heavy atom. The maximum absolute atomic E-state index is 11.8. The van der Waals surface area contributed by atoms with Gasteiger partial charge in [0.1, 0.15) is 29.6 Å². The Balaban J connectivity index is 1.49. The zero-order valence-corrected chi connectivity index (χ0v) is 32.8. The highest BCUT2D eigenvalue weighted by Gasteiger charge is 2.64. The molecule has 2 N–H and O–H groups in total. The maximum Gasteiger partial charge on any atom is 0.230 e. The third-order valence-corrected chi connectivity index (χ3v) is 12.3. The number of fused-ring (bicyclic) bond motifs is 2. The van der Waals surface area contributed by atoms with Gasteiger partial charge < -0.3 is 34.0 Å². The second-order valence-corrected chi connectivity index (χ2v) is 15.6. The molecule has 0 saturated heterocycles. The molecule has 11 heteroatoms. The number of rotatable bonds is 21. The van der Waals surface area contributed by atoms with Crippen LogP contribution < -0.4 is 14.2 Å². The van der Waals surface area contributed by atoms with Gasteiger partial charge in [-0.05, 0) is 116 Å². The van der Waals surface area contributed by atoms with Crippen molar-refractivity contribution >= 4 is 23.8 Å². The van der Waals surface area contributed by atoms with Crippen molar-refractivity contribution in [3.05, 3.63) is 102 Å². The van der Waals surface area contributed by atoms with Crippen molar-refractivity contribution in [3.8, 4) is 23.0 Å². The second-order valence-electron chi connectivity index (χ2n) is 14.3. The lowest BCUT2D eigenvalue weighted by Gasteiger charge is -2.58. The van der Waals surface area contributed by atoms with Crippen LogP contribution in [0.3, 0.4) is 0 Å². The van der Waals surface area contributed by atoms with Gasteiger partial charge >= 0.3 is 0 Å². The van der Waals surface area contributed by atoms with E-state index in [2.05, 4.69) is 35.8 Å². The number of methoxy groups -OCH3 is 1. The minimum Gasteiger partial charge on any atom is -0.496 e. The number of aliphatic hydroxyl groups is 2. The highest BCUT2D eigenvalue weighted by Crippen LogP contribution is 2.62. The van der Waals surface area contributed by atoms with Crippen molar-refractivity contribution in [1.82, 2.24) is 4.98 Å². The normalized spacial score (nSPS) is 24.5. The molecule has 0 spiro atoms. The van der Waals surface area contributed by atoms with Crippen LogP contribution >= 0.6 is 11.8 Å². The minimum atomic E-state index is -1.05. The molecule has 6 rings (SSSR count). The average Bonchev–Trinajstić information content (AvgIpc) is 3.21. The largest absolute Gasteiger partial charge is 0.496 e. The molecule has 6 unspecified atom stereocenters. The number of hydrogen-bond acceptors (Lipinski definition) is 11. The van der Waals surface area contributed by atoms with Crippen molar-refractivity contribution in [2.75, 3.05) is 39.3 Å². The highest BCUT2D eigenvalue weighted by atomic mass is 32.2. The lowest BCUT2D eigenvalue weighted by atomic mass is 9.56. The number of aldehydes is 1. The van der Waals surface area contributed by atoms with Crippen LogP contribution in [0.25, 0.3) is 0 Å². The Hall–Kier alpha value is -4.16. The molecule has 0 amide bonds. The van der Waals surface area contributed by atoms with Gasteiger partial charge in [-0.3, -0.25) is 9.78 Å². The van der Waals surface area contributed by atoms with E-state index in [9.17, 15) is 15.0 Å². The molecule has 0 bridgehead atoms. The number of carbonyl (C=O) groups is 1. The van der Waals surface area contributed by atoms with Crippen LogP contribution in [0.2, 0.25) is 0 Å². The van der Waals surface area contributed by atoms with Crippen LogP contribution in [0, 0.1) is 17.8 Å². The van der Waals surface area contributed by atoms with Crippen molar-refractivity contribution in [3.63, 3.8) is 0 Å². The molecule has 3 aromatic rings. The first kappa shape index (κ1) is 40.5. The molecule has 3 aliphatic rings. The number of pyridine rings is 1. The Kier molecular flexibility index (Phi) is 14.4. The SMILES string of the molecule is C=CCOC12Oc3ccc(Oc4ccc(OC)c(C=O)c4)cc3C3C(CCCCO)C(CCCCO)C=C(C(=NOCC)CC1SCCc1ccncc1)C32. The number of aromatic nitrogens is 1. The predicted molar refractivity (Wildman–Crippen MR) is 215 cm³/mol. The van der Waals surface area contributed by atoms with Gasteiger partial charge in [-0.2, -0.15) is 11.8 Å². The third kappa shape index (κ3) is 9.12. The first-order valence-electron chi connectivity index (χ1n) is 19.5. The number of aliphatic hydroxyl groups excluding tert-OH is 2. The zero-order chi connectivity index (χ0) is 38.6. The van der Waals surface area contributed by atoms with Crippen molar-refractivity contribution < 1.29 is 38.8 Å². The quantitative estimate of drug-likeness (QED) is 0.0472. The standard InChI is InChI=1S/C44H54N2O8S/c1-4-23-51-44-41(55-24-18-30-16-19-45-20-17-30)28-38(46-52-5-2)36-26-31(10-6-8-21-47)35(11-7-9-22-48)42(43(36)44)37-27-34(13-15-40(37)54-44)53-33-12-14-39(50-3)32(25-33)29-49/h4,12-17,19-20,25-27,29,31,35,41-43,47-48H,1,5-11,18,21-24,28H2,2-3H3. The summed E-state index contributed by atoms with van der Waals surface area (Å²) in [7, 11) is 1.53. The Labute approximate surface area is 329 Å². The Morgan fingerprint density at radius 3 is 2.53 bits per heavy atom. The molecular formula is C44H54N2O8S. The van der Waals surface area contributed by atoms with Gasteiger partial charge in [0.05, 0.1) is 36.2 Å². The zero-order valence-electron chi connectivity index (χ0n) is 31.9. The summed E-state index contributed by atoms with van der Waals surface area (Å²) >= 11 is 1.84. The third-order valence-electron chi connectivity index (χ3n) is 10.9. The van der Waals surface area contributed by atoms with Crippen molar-refractivity contribution in [2.45, 2.75) is 75.2 Å². The summed E-state index contributed by atoms with van der Waals surface area (Å²) in [6, 6.07) is 15.3. The van der Waals surface area contributed by atoms with E-state index in [1.54, 1.807) is 24.3 Å². The van der Waals surface area contributed by atoms with E-state index < -0.39 is 5.79 Å². The minimum absolute atomic E-state index is 0.0632. The molecule has 55 heavy (non-hydrogen) atoms. The van der Waals surface area contributed by atoms with Gasteiger partial charge in [0.2, 0.25) is 5.79 Å². The molecule has 2 heterocycles. The molecule has 0 radical (unpaired) electrons. The number of benzene rings is 2. The van der Waals surface area contributed by atoms with Gasteiger partial charge in [0.25, 0.3) is 0 Å². The molecule has 1 saturated carbocycles. The van der Waals surface area contributed by atoms with Crippen molar-refractivity contribution in [2.24, 2.45) is 22.9 Å². The van der Waals surface area contributed by atoms with E-state index in [1.165, 1.54) is 12.7 Å². The number of nitrogens with zero attached hydrogens (tertiary/aromatic N) is 2. The van der Waals surface area contributed by atoms with Gasteiger partial charge in [0, 0.05) is 43.5 Å². The van der Waals surface area contributed by atoms with Crippen LogP contribution in [0.4, 0.5) is 0 Å². The van der Waals surface area contributed by atoms with Gasteiger partial charge in [-0.15, -0.1) is 6.58 Å². The summed E-state index contributed by atoms with van der Waals surface area (Å²) < 4.78 is 26.1. The first-order valence-corrected chi connectivity index (χ1v) is 20.6. The number of thioether (sulfide) groups is 1. The van der Waals surface area contributed by atoms with E-state index in [4.69, 9.17) is 28.9 Å². The van der Waals surface area contributed by atoms with Gasteiger partial charge in [0.15, 0.2) is 6.29 Å². The van der Waals surface area contributed by atoms with Crippen LogP contribution in [0.1, 0.15) is 79.3 Å². The van der Waals surface area contributed by atoms with E-state index in [-0.39, 0.29) is 42.1 Å². The summed E-state index contributed by atoms with van der Waals surface area (Å²) in [5.41, 5.74) is 4.64. The van der Waals surface area contributed by atoms with E-state index in [0.717, 1.165) is 73.2 Å². The number of allylic oxidation sites excluding steroid dienone is 1. The van der Waals surface area contributed by atoms with Crippen LogP contribution in [-0.4, -0.2) is 77.5 Å². The predicted octanol–water partition coefficient (Wildman–Crippen LogP) is 8.32. The first-order chi connectivity index (χ1) is 27.0. The van der Waals surface area contributed by atoms with Crippen LogP contribution in [0.15, 0.2) is 90.4 Å². The number of unbranched alkanes of at least 4 members (excludes halogenated alkanes) is 2. The monoisotopic (exact) mass is 770 g/mol. The fourth-order valence-corrected chi connectivity index (χ4v) is 9.96. The van der Waals surface area contributed by atoms with E-state index in [0.29, 0.717) is 48.9 Å². The molecule has 2 aromatic carbocycles. The fraction of sp³-hybridized carbons (Fsp3) is 0.477. The van der Waals surface area contributed by atoms with Crippen LogP contribution in [0.5, 0.6) is 23.0 Å². The molecule has 1 aromatic heterocycles.